The molecule has 0 aliphatic carbocycles. The molecule has 0 aromatic carbocycles. The van der Waals surface area contributed by atoms with Crippen LogP contribution in [0.2, 0.25) is 0 Å². The average Bonchev–Trinajstić information content (AvgIpc) is 1.65. The van der Waals surface area contributed by atoms with Crippen LogP contribution in [0, 0.1) is 4.91 Å². The number of rotatable bonds is 2. The van der Waals surface area contributed by atoms with Gasteiger partial charge in [0.15, 0.2) is 0 Å². The van der Waals surface area contributed by atoms with Gasteiger partial charge in [-0.05, 0) is 0 Å². The maximum absolute atomic E-state index is 9.15. The van der Waals surface area contributed by atoms with Crippen LogP contribution in [0.4, 0.5) is 0 Å². The topological polar surface area (TPSA) is 71.0 Å². The first-order chi connectivity index (χ1) is 2.81. The smallest absolute Gasteiger partial charge is 0.0918 e. The summed E-state index contributed by atoms with van der Waals surface area (Å²) >= 11 is 0. The molecule has 0 aromatic heterocycles. The zero-order valence-corrected chi connectivity index (χ0v) is 3.03. The number of hydrazine groups is 1. The summed E-state index contributed by atoms with van der Waals surface area (Å²) in [5, 5.41) is 5.36. The minimum atomic E-state index is 0.333. The highest BCUT2D eigenvalue weighted by Gasteiger charge is 1.76. The molecule has 0 unspecified atom stereocenters. The molecule has 0 heterocycles. The molecule has 0 saturated carbocycles. The summed E-state index contributed by atoms with van der Waals surface area (Å²) in [6.07, 6.45) is 0. The Balaban J connectivity index is 3.21. The van der Waals surface area contributed by atoms with Gasteiger partial charge in [0.2, 0.25) is 0 Å². The van der Waals surface area contributed by atoms with E-state index < -0.39 is 0 Å². The van der Waals surface area contributed by atoms with Gasteiger partial charge in [-0.1, -0.05) is 5.23 Å². The van der Waals surface area contributed by atoms with E-state index in [0.29, 0.717) is 5.23 Å². The van der Waals surface area contributed by atoms with Crippen LogP contribution in [0.25, 0.3) is 0 Å². The zero-order chi connectivity index (χ0) is 4.99. The first-order valence-corrected chi connectivity index (χ1v) is 1.16. The van der Waals surface area contributed by atoms with Crippen LogP contribution in [0.5, 0.6) is 0 Å². The van der Waals surface area contributed by atoms with Crippen molar-refractivity contribution in [3.05, 3.63) is 4.91 Å². The lowest BCUT2D eigenvalue weighted by Gasteiger charge is -1.91. The summed E-state index contributed by atoms with van der Waals surface area (Å²) < 4.78 is 0. The minimum Gasteiger partial charge on any atom is -0.206 e. The molecular weight excluding hydrogens is 84.0 g/mol. The Kier molecular flexibility index (Phi) is 1.91. The lowest BCUT2D eigenvalue weighted by molar-refractivity contribution is 0.315. The van der Waals surface area contributed by atoms with Crippen LogP contribution in [0.1, 0.15) is 0 Å². The lowest BCUT2D eigenvalue weighted by Crippen LogP contribution is -2.15. The summed E-state index contributed by atoms with van der Waals surface area (Å²) in [5.41, 5.74) is 0. The normalized spacial score (nSPS) is 6.83. The van der Waals surface area contributed by atoms with Crippen LogP contribution in [-0.2, 0) is 0 Å². The fraction of sp³-hybridized carbons (Fsp3) is 0. The van der Waals surface area contributed by atoms with Gasteiger partial charge in [0.25, 0.3) is 0 Å². The molecule has 2 N–H and O–H groups in total. The van der Waals surface area contributed by atoms with Gasteiger partial charge in [-0.3, -0.25) is 0 Å². The van der Waals surface area contributed by atoms with Crippen molar-refractivity contribution in [1.29, 1.82) is 0 Å². The molecule has 5 heteroatoms. The number of nitrogens with zero attached hydrogens (tertiary/aromatic N) is 3. The Bertz CT molecular complexity index is 52.6. The third-order valence-corrected chi connectivity index (χ3v) is 0.229. The van der Waals surface area contributed by atoms with Crippen molar-refractivity contribution in [3.63, 3.8) is 0 Å². The monoisotopic (exact) mass is 88.0 g/mol. The van der Waals surface area contributed by atoms with Gasteiger partial charge < -0.3 is 0 Å². The third kappa shape index (κ3) is 1.36. The van der Waals surface area contributed by atoms with E-state index >= 15 is 0 Å². The Labute approximate surface area is 34.3 Å². The molecule has 0 rings (SSSR count). The molecule has 0 aliphatic heterocycles. The Morgan fingerprint density at radius 2 is 2.33 bits per heavy atom. The van der Waals surface area contributed by atoms with Gasteiger partial charge in [-0.2, -0.15) is 5.10 Å². The first kappa shape index (κ1) is 5.03. The molecular formula is CH4N4O. The fourth-order valence-electron chi connectivity index (χ4n) is 0.0258. The molecule has 0 atom stereocenters. The number of nitroso groups, excluding NO2 is 1. The summed E-state index contributed by atoms with van der Waals surface area (Å²) in [7, 11) is 0. The predicted octanol–water partition coefficient (Wildman–Crippen LogP) is -0.541. The van der Waals surface area contributed by atoms with Gasteiger partial charge in [-0.15, -0.1) is 4.91 Å². The van der Waals surface area contributed by atoms with E-state index in [9.17, 15) is 0 Å². The molecule has 0 aromatic rings. The molecule has 0 fully saturated rings. The Morgan fingerprint density at radius 3 is 2.33 bits per heavy atom. The second-order valence-electron chi connectivity index (χ2n) is 0.543. The van der Waals surface area contributed by atoms with Crippen molar-refractivity contribution in [1.82, 2.24) is 5.23 Å². The number of hydrazone groups is 1. The van der Waals surface area contributed by atoms with Gasteiger partial charge in [-0.25, -0.2) is 5.84 Å². The lowest BCUT2D eigenvalue weighted by atomic mass is 11.7. The molecule has 0 spiro atoms. The van der Waals surface area contributed by atoms with Crippen LogP contribution in [0.3, 0.4) is 0 Å². The highest BCUT2D eigenvalue weighted by Crippen LogP contribution is 1.69. The number of hydrogen-bond donors (Lipinski definition) is 1. The third-order valence-electron chi connectivity index (χ3n) is 0.229. The van der Waals surface area contributed by atoms with E-state index in [0.717, 1.165) is 0 Å². The predicted molar refractivity (Wildman–Crippen MR) is 21.4 cm³/mol. The van der Waals surface area contributed by atoms with E-state index in [2.05, 4.69) is 22.9 Å². The van der Waals surface area contributed by atoms with Crippen LogP contribution < -0.4 is 5.84 Å². The highest BCUT2D eigenvalue weighted by molar-refractivity contribution is 5.22. The quantitative estimate of drug-likeness (QED) is 0.213. The Hall–Kier alpha value is -0.970. The van der Waals surface area contributed by atoms with Crippen LogP contribution in [0.15, 0.2) is 10.4 Å². The summed E-state index contributed by atoms with van der Waals surface area (Å²) in [6.45, 7) is 2.89. The standard InChI is InChI=1S/CH4N4O/c1-3-5(2)4-6/h1-2H2. The second kappa shape index (κ2) is 2.28. The van der Waals surface area contributed by atoms with Crippen LogP contribution in [-0.4, -0.2) is 11.9 Å². The van der Waals surface area contributed by atoms with Gasteiger partial charge in [0.05, 0.1) is 5.29 Å². The van der Waals surface area contributed by atoms with Crippen molar-refractivity contribution < 1.29 is 0 Å². The first-order valence-electron chi connectivity index (χ1n) is 1.16. The van der Waals surface area contributed by atoms with E-state index in [1.54, 1.807) is 0 Å². The van der Waals surface area contributed by atoms with E-state index in [1.807, 2.05) is 0 Å². The molecule has 0 radical (unpaired) electrons. The van der Waals surface area contributed by atoms with E-state index in [-0.39, 0.29) is 0 Å². The van der Waals surface area contributed by atoms with E-state index in [1.165, 1.54) is 0 Å². The molecule has 0 saturated heterocycles. The second-order valence-corrected chi connectivity index (χ2v) is 0.543. The highest BCUT2D eigenvalue weighted by atomic mass is 16.3. The molecule has 6 heavy (non-hydrogen) atoms. The summed E-state index contributed by atoms with van der Waals surface area (Å²) in [4.78, 5) is 9.15. The fourth-order valence-corrected chi connectivity index (χ4v) is 0.0258. The van der Waals surface area contributed by atoms with Crippen molar-refractivity contribution in [2.75, 3.05) is 0 Å². The molecule has 34 valence electrons. The molecule has 0 bridgehead atoms. The maximum Gasteiger partial charge on any atom is 0.0918 e. The molecule has 5 nitrogen and oxygen atoms in total. The van der Waals surface area contributed by atoms with Gasteiger partial charge in [0, 0.05) is 6.72 Å². The molecule has 0 amide bonds. The van der Waals surface area contributed by atoms with Crippen molar-refractivity contribution in [2.24, 2.45) is 16.2 Å². The molecule has 0 aliphatic rings. The van der Waals surface area contributed by atoms with Gasteiger partial charge in [0.1, 0.15) is 0 Å². The number of nitrogens with two attached hydrogens (primary N) is 1. The van der Waals surface area contributed by atoms with Crippen LogP contribution >= 0.6 is 0 Å². The maximum atomic E-state index is 9.15. The van der Waals surface area contributed by atoms with Crippen molar-refractivity contribution in [2.45, 2.75) is 0 Å². The van der Waals surface area contributed by atoms with Gasteiger partial charge >= 0.3 is 0 Å². The summed E-state index contributed by atoms with van der Waals surface area (Å²) in [5.74, 6) is 4.60. The summed E-state index contributed by atoms with van der Waals surface area (Å²) in [6, 6.07) is 0. The Morgan fingerprint density at radius 1 is 1.83 bits per heavy atom. The largest absolute Gasteiger partial charge is 0.206 e. The average molecular weight is 88.1 g/mol. The number of hydrogen-bond acceptors (Lipinski definition) is 4. The zero-order valence-electron chi connectivity index (χ0n) is 3.03. The van der Waals surface area contributed by atoms with E-state index in [4.69, 9.17) is 4.91 Å². The SMILES string of the molecule is C=NN(N)N=O. The van der Waals surface area contributed by atoms with Crippen molar-refractivity contribution in [3.8, 4) is 0 Å². The minimum absolute atomic E-state index is 0.333. The van der Waals surface area contributed by atoms with Crippen molar-refractivity contribution >= 4 is 6.72 Å².